The molecular weight excluding hydrogens is 144 g/mol. The van der Waals surface area contributed by atoms with E-state index in [2.05, 4.69) is 12.3 Å². The first-order valence-corrected chi connectivity index (χ1v) is 4.86. The molecule has 0 rings (SSSR count). The van der Waals surface area contributed by atoms with Crippen LogP contribution in [0.1, 0.15) is 26.7 Å². The average Bonchev–Trinajstić information content (AvgIpc) is 1.88. The van der Waals surface area contributed by atoms with Gasteiger partial charge in [0.15, 0.2) is 0 Å². The molecule has 60 valence electrons. The van der Waals surface area contributed by atoms with Crippen molar-refractivity contribution in [3.05, 3.63) is 11.0 Å². The predicted octanol–water partition coefficient (Wildman–Crippen LogP) is 2.41. The average molecular weight is 160 g/mol. The van der Waals surface area contributed by atoms with Gasteiger partial charge in [0.05, 0.1) is 6.10 Å². The molecule has 1 nitrogen and oxygen atoms in total. The second-order valence-corrected chi connectivity index (χ2v) is 3.17. The van der Waals surface area contributed by atoms with Crippen LogP contribution in [0.4, 0.5) is 0 Å². The zero-order valence-electron chi connectivity index (χ0n) is 6.92. The fourth-order valence-corrected chi connectivity index (χ4v) is 1.26. The topological polar surface area (TPSA) is 20.2 Å². The minimum atomic E-state index is -0.150. The molecule has 1 atom stereocenters. The van der Waals surface area contributed by atoms with Gasteiger partial charge >= 0.3 is 0 Å². The van der Waals surface area contributed by atoms with E-state index >= 15 is 0 Å². The van der Waals surface area contributed by atoms with Crippen LogP contribution < -0.4 is 0 Å². The lowest BCUT2D eigenvalue weighted by Crippen LogP contribution is -2.03. The van der Waals surface area contributed by atoms with Crippen LogP contribution in [0, 0.1) is 0 Å². The summed E-state index contributed by atoms with van der Waals surface area (Å²) in [5.41, 5.74) is 1.27. The first-order valence-electron chi connectivity index (χ1n) is 3.57. The number of hydrogen-bond donors (Lipinski definition) is 1. The molecule has 1 N–H and O–H groups in total. The Bertz CT molecular complexity index is 110. The lowest BCUT2D eigenvalue weighted by Gasteiger charge is -2.06. The molecule has 0 fully saturated rings. The van der Waals surface area contributed by atoms with Gasteiger partial charge in [-0.2, -0.15) is 0 Å². The Morgan fingerprint density at radius 3 is 2.70 bits per heavy atom. The van der Waals surface area contributed by atoms with Gasteiger partial charge in [0.25, 0.3) is 0 Å². The number of hydrogen-bond acceptors (Lipinski definition) is 2. The van der Waals surface area contributed by atoms with E-state index < -0.39 is 0 Å². The highest BCUT2D eigenvalue weighted by molar-refractivity contribution is 8.01. The van der Waals surface area contributed by atoms with Crippen molar-refractivity contribution in [1.29, 1.82) is 0 Å². The molecule has 0 saturated carbocycles. The van der Waals surface area contributed by atoms with Gasteiger partial charge in [-0.15, -0.1) is 11.8 Å². The van der Waals surface area contributed by atoms with E-state index in [1.165, 1.54) is 5.57 Å². The van der Waals surface area contributed by atoms with Crippen molar-refractivity contribution in [1.82, 2.24) is 0 Å². The Labute approximate surface area is 67.5 Å². The van der Waals surface area contributed by atoms with Crippen LogP contribution in [-0.4, -0.2) is 17.5 Å². The predicted molar refractivity (Wildman–Crippen MR) is 48.2 cm³/mol. The number of thioether (sulfide) groups is 1. The van der Waals surface area contributed by atoms with Crippen LogP contribution in [-0.2, 0) is 0 Å². The van der Waals surface area contributed by atoms with E-state index in [4.69, 9.17) is 0 Å². The largest absolute Gasteiger partial charge is 0.393 e. The minimum Gasteiger partial charge on any atom is -0.393 e. The SMILES string of the molecule is CCC(O)C/C(C)=C/SC. The van der Waals surface area contributed by atoms with Gasteiger partial charge in [0.2, 0.25) is 0 Å². The molecule has 10 heavy (non-hydrogen) atoms. The maximum Gasteiger partial charge on any atom is 0.0574 e. The summed E-state index contributed by atoms with van der Waals surface area (Å²) in [5.74, 6) is 0. The van der Waals surface area contributed by atoms with Crippen LogP contribution in [0.5, 0.6) is 0 Å². The third-order valence-electron chi connectivity index (χ3n) is 1.35. The maximum atomic E-state index is 9.20. The van der Waals surface area contributed by atoms with Gasteiger partial charge < -0.3 is 5.11 Å². The van der Waals surface area contributed by atoms with E-state index in [0.717, 1.165) is 12.8 Å². The molecule has 0 aliphatic carbocycles. The lowest BCUT2D eigenvalue weighted by molar-refractivity contribution is 0.171. The fraction of sp³-hybridized carbons (Fsp3) is 0.750. The van der Waals surface area contributed by atoms with Crippen molar-refractivity contribution in [2.75, 3.05) is 6.26 Å². The van der Waals surface area contributed by atoms with E-state index in [0.29, 0.717) is 0 Å². The maximum absolute atomic E-state index is 9.20. The highest BCUT2D eigenvalue weighted by atomic mass is 32.2. The molecule has 0 spiro atoms. The number of rotatable bonds is 4. The summed E-state index contributed by atoms with van der Waals surface area (Å²) in [7, 11) is 0. The molecule has 0 heterocycles. The molecule has 2 heteroatoms. The Balaban J connectivity index is 3.56. The van der Waals surface area contributed by atoms with Crippen molar-refractivity contribution < 1.29 is 5.11 Å². The van der Waals surface area contributed by atoms with Crippen molar-refractivity contribution in [2.24, 2.45) is 0 Å². The van der Waals surface area contributed by atoms with E-state index in [-0.39, 0.29) is 6.10 Å². The first kappa shape index (κ1) is 10.0. The molecule has 0 bridgehead atoms. The normalized spacial score (nSPS) is 15.4. The summed E-state index contributed by atoms with van der Waals surface area (Å²) in [6.07, 6.45) is 3.54. The Hall–Kier alpha value is 0.0500. The molecule has 0 aliphatic heterocycles. The van der Waals surface area contributed by atoms with Crippen LogP contribution >= 0.6 is 11.8 Å². The van der Waals surface area contributed by atoms with Crippen LogP contribution in [0.2, 0.25) is 0 Å². The smallest absolute Gasteiger partial charge is 0.0574 e. The Morgan fingerprint density at radius 1 is 1.70 bits per heavy atom. The molecule has 0 aromatic rings. The molecule has 0 aliphatic rings. The minimum absolute atomic E-state index is 0.150. The van der Waals surface area contributed by atoms with E-state index in [1.54, 1.807) is 11.8 Å². The Kier molecular flexibility index (Phi) is 5.84. The highest BCUT2D eigenvalue weighted by Crippen LogP contribution is 2.10. The fourth-order valence-electron chi connectivity index (χ4n) is 0.765. The third kappa shape index (κ3) is 4.89. The summed E-state index contributed by atoms with van der Waals surface area (Å²) in [4.78, 5) is 0. The standard InChI is InChI=1S/C8H16OS/c1-4-8(9)5-7(2)6-10-3/h6,8-9H,4-5H2,1-3H3/b7-6+. The summed E-state index contributed by atoms with van der Waals surface area (Å²) in [5, 5.41) is 11.3. The molecule has 0 amide bonds. The van der Waals surface area contributed by atoms with Gasteiger partial charge in [-0.05, 0) is 31.4 Å². The zero-order chi connectivity index (χ0) is 7.98. The van der Waals surface area contributed by atoms with Gasteiger partial charge in [-0.3, -0.25) is 0 Å². The zero-order valence-corrected chi connectivity index (χ0v) is 7.74. The van der Waals surface area contributed by atoms with Gasteiger partial charge in [-0.1, -0.05) is 12.5 Å². The number of aliphatic hydroxyl groups is 1. The second-order valence-electron chi connectivity index (χ2n) is 2.47. The lowest BCUT2D eigenvalue weighted by atomic mass is 10.1. The monoisotopic (exact) mass is 160 g/mol. The highest BCUT2D eigenvalue weighted by Gasteiger charge is 1.99. The van der Waals surface area contributed by atoms with E-state index in [1.807, 2.05) is 13.2 Å². The molecule has 0 aromatic carbocycles. The molecular formula is C8H16OS. The van der Waals surface area contributed by atoms with Crippen LogP contribution in [0.3, 0.4) is 0 Å². The number of aliphatic hydroxyl groups excluding tert-OH is 1. The molecule has 1 unspecified atom stereocenters. The van der Waals surface area contributed by atoms with Gasteiger partial charge in [0.1, 0.15) is 0 Å². The van der Waals surface area contributed by atoms with Crippen molar-refractivity contribution in [2.45, 2.75) is 32.8 Å². The summed E-state index contributed by atoms with van der Waals surface area (Å²) in [6.45, 7) is 4.05. The quantitative estimate of drug-likeness (QED) is 0.681. The first-order chi connectivity index (χ1) is 4.70. The summed E-state index contributed by atoms with van der Waals surface area (Å²) < 4.78 is 0. The Morgan fingerprint density at radius 2 is 2.30 bits per heavy atom. The van der Waals surface area contributed by atoms with Crippen molar-refractivity contribution in [3.8, 4) is 0 Å². The van der Waals surface area contributed by atoms with E-state index in [9.17, 15) is 5.11 Å². The third-order valence-corrected chi connectivity index (χ3v) is 1.99. The van der Waals surface area contributed by atoms with Crippen molar-refractivity contribution >= 4 is 11.8 Å². The molecule has 0 saturated heterocycles. The van der Waals surface area contributed by atoms with Crippen molar-refractivity contribution in [3.63, 3.8) is 0 Å². The molecule has 0 radical (unpaired) electrons. The van der Waals surface area contributed by atoms with Crippen LogP contribution in [0.15, 0.2) is 11.0 Å². The van der Waals surface area contributed by atoms with Gasteiger partial charge in [0, 0.05) is 0 Å². The summed E-state index contributed by atoms with van der Waals surface area (Å²) >= 11 is 1.69. The van der Waals surface area contributed by atoms with Gasteiger partial charge in [-0.25, -0.2) is 0 Å². The second kappa shape index (κ2) is 5.81. The summed E-state index contributed by atoms with van der Waals surface area (Å²) in [6, 6.07) is 0. The molecule has 0 aromatic heterocycles. The van der Waals surface area contributed by atoms with Crippen LogP contribution in [0.25, 0.3) is 0 Å².